The van der Waals surface area contributed by atoms with E-state index in [1.165, 1.54) is 0 Å². The Labute approximate surface area is 206 Å². The minimum Gasteiger partial charge on any atom is -0.480 e. The summed E-state index contributed by atoms with van der Waals surface area (Å²) in [6.45, 7) is 4.88. The van der Waals surface area contributed by atoms with Crippen molar-refractivity contribution in [2.24, 2.45) is 0 Å². The lowest BCUT2D eigenvalue weighted by Gasteiger charge is -2.28. The van der Waals surface area contributed by atoms with Gasteiger partial charge in [0.1, 0.15) is 19.0 Å². The Balaban J connectivity index is 1.66. The Hall–Kier alpha value is -3.78. The largest absolute Gasteiger partial charge is 0.480 e. The highest BCUT2D eigenvalue weighted by Crippen LogP contribution is 2.30. The normalized spacial score (nSPS) is 10.8. The van der Waals surface area contributed by atoms with Gasteiger partial charge in [-0.05, 0) is 26.7 Å². The second-order valence-corrected chi connectivity index (χ2v) is 8.37. The molecule has 0 spiro atoms. The molecule has 1 aromatic heterocycles. The number of carboxylic acid groups (broad SMARTS) is 1. The Morgan fingerprint density at radius 2 is 1.60 bits per heavy atom. The highest BCUT2D eigenvalue weighted by atomic mass is 16.5. The third kappa shape index (κ3) is 7.89. The molecule has 3 aromatic rings. The monoisotopic (exact) mass is 479 g/mol. The Kier molecular flexibility index (Phi) is 9.74. The van der Waals surface area contributed by atoms with E-state index in [9.17, 15) is 9.59 Å². The molecule has 0 saturated heterocycles. The van der Waals surface area contributed by atoms with E-state index < -0.39 is 18.4 Å². The van der Waals surface area contributed by atoms with Gasteiger partial charge in [-0.2, -0.15) is 0 Å². The van der Waals surface area contributed by atoms with Crippen molar-refractivity contribution in [1.29, 1.82) is 0 Å². The molecular formula is C27H32N4O4. The fraction of sp³-hybridized carbons (Fsp3) is 0.333. The summed E-state index contributed by atoms with van der Waals surface area (Å²) in [5.41, 5.74) is 3.72. The molecule has 0 saturated carbocycles. The van der Waals surface area contributed by atoms with E-state index >= 15 is 0 Å². The molecule has 184 valence electrons. The van der Waals surface area contributed by atoms with Crippen LogP contribution in [0.2, 0.25) is 0 Å². The van der Waals surface area contributed by atoms with Crippen LogP contribution in [0.4, 0.5) is 5.82 Å². The fourth-order valence-electron chi connectivity index (χ4n) is 3.64. The van der Waals surface area contributed by atoms with E-state index in [1.807, 2.05) is 66.9 Å². The van der Waals surface area contributed by atoms with Gasteiger partial charge in [0.15, 0.2) is 0 Å². The summed E-state index contributed by atoms with van der Waals surface area (Å²) in [6.07, 6.45) is 3.44. The van der Waals surface area contributed by atoms with Gasteiger partial charge in [0.05, 0.1) is 17.6 Å². The number of hydrogen-bond acceptors (Lipinski definition) is 6. The number of carbonyl (C=O) groups is 2. The van der Waals surface area contributed by atoms with Crippen molar-refractivity contribution in [3.8, 4) is 22.5 Å². The van der Waals surface area contributed by atoms with Gasteiger partial charge in [-0.1, -0.05) is 60.7 Å². The number of carbonyl (C=O) groups excluding carboxylic acids is 1. The van der Waals surface area contributed by atoms with Crippen LogP contribution >= 0.6 is 0 Å². The van der Waals surface area contributed by atoms with E-state index in [0.717, 1.165) is 47.7 Å². The highest BCUT2D eigenvalue weighted by Gasteiger charge is 2.17. The molecule has 0 aliphatic carbocycles. The molecule has 8 heteroatoms. The van der Waals surface area contributed by atoms with Crippen molar-refractivity contribution >= 4 is 17.7 Å². The number of benzene rings is 2. The van der Waals surface area contributed by atoms with Gasteiger partial charge in [-0.15, -0.1) is 0 Å². The standard InChI is InChI=1S/C27H32N4O4/c1-20(2)31(15-9-10-16-35-19-24(32)28-18-25(33)34)23-17-29-26(21-11-5-3-6-12-21)27(30-23)22-13-7-4-8-14-22/h3-8,11-14,17,20H,9-10,15-16,18-19H2,1-2H3,(H,28,32)(H,33,34)/i18+1,25+1,28+1. The molecule has 0 bridgehead atoms. The number of hydrogen-bond donors (Lipinski definition) is 2. The number of nitrogens with zero attached hydrogens (tertiary/aromatic N) is 3. The van der Waals surface area contributed by atoms with Gasteiger partial charge in [0, 0.05) is 30.3 Å². The molecule has 35 heavy (non-hydrogen) atoms. The first-order chi connectivity index (χ1) is 17.0. The smallest absolute Gasteiger partial charge is 0.322 e. The third-order valence-electron chi connectivity index (χ3n) is 5.38. The Morgan fingerprint density at radius 3 is 2.20 bits per heavy atom. The number of aliphatic carboxylic acids is 1. The Morgan fingerprint density at radius 1 is 0.971 bits per heavy atom. The zero-order valence-corrected chi connectivity index (χ0v) is 20.2. The zero-order chi connectivity index (χ0) is 25.0. The van der Waals surface area contributed by atoms with Crippen molar-refractivity contribution in [3.63, 3.8) is 0 Å². The van der Waals surface area contributed by atoms with Crippen molar-refractivity contribution in [1.82, 2.24) is 15.3 Å². The van der Waals surface area contributed by atoms with Crippen LogP contribution in [-0.4, -0.2) is 59.3 Å². The fourth-order valence-corrected chi connectivity index (χ4v) is 3.64. The van der Waals surface area contributed by atoms with E-state index in [2.05, 4.69) is 24.1 Å². The van der Waals surface area contributed by atoms with Gasteiger partial charge in [0.25, 0.3) is 0 Å². The number of rotatable bonds is 13. The van der Waals surface area contributed by atoms with Gasteiger partial charge >= 0.3 is 5.97 Å². The molecular weight excluding hydrogens is 447 g/mol. The van der Waals surface area contributed by atoms with Crippen LogP contribution in [0.15, 0.2) is 66.9 Å². The second-order valence-electron chi connectivity index (χ2n) is 8.37. The van der Waals surface area contributed by atoms with Gasteiger partial charge in [0.2, 0.25) is 5.91 Å². The third-order valence-corrected chi connectivity index (χ3v) is 5.38. The van der Waals surface area contributed by atoms with Crippen molar-refractivity contribution < 1.29 is 19.4 Å². The SMILES string of the molecule is CC(C)N(CCCCOCC(=O)[15NH][13CH2][13C](=O)O)c1cnc(-c2ccccc2)c(-c2ccccc2)n1. The van der Waals surface area contributed by atoms with Crippen molar-refractivity contribution in [2.75, 3.05) is 31.2 Å². The first kappa shape index (κ1) is 25.8. The predicted octanol–water partition coefficient (Wildman–Crippen LogP) is 4.02. The number of amides is 1. The molecule has 0 aliphatic rings. The first-order valence-electron chi connectivity index (χ1n) is 11.8. The van der Waals surface area contributed by atoms with E-state index in [0.29, 0.717) is 6.61 Å². The molecule has 0 fully saturated rings. The Bertz CT molecular complexity index is 1090. The van der Waals surface area contributed by atoms with Crippen LogP contribution in [-0.2, 0) is 14.3 Å². The van der Waals surface area contributed by atoms with Crippen LogP contribution in [0, 0.1) is 0 Å². The van der Waals surface area contributed by atoms with Crippen LogP contribution in [0.1, 0.15) is 26.7 Å². The summed E-state index contributed by atoms with van der Waals surface area (Å²) in [5.74, 6) is -0.701. The van der Waals surface area contributed by atoms with Crippen LogP contribution in [0.5, 0.6) is 0 Å². The number of ether oxygens (including phenoxy) is 1. The van der Waals surface area contributed by atoms with Crippen LogP contribution in [0.3, 0.4) is 0 Å². The number of aromatic nitrogens is 2. The maximum Gasteiger partial charge on any atom is 0.322 e. The van der Waals surface area contributed by atoms with Gasteiger partial charge in [-0.25, -0.2) is 4.98 Å². The summed E-state index contributed by atoms with van der Waals surface area (Å²) in [4.78, 5) is 34.1. The highest BCUT2D eigenvalue weighted by molar-refractivity contribution is 5.82. The van der Waals surface area contributed by atoms with Crippen molar-refractivity contribution in [2.45, 2.75) is 32.7 Å². The van der Waals surface area contributed by atoms with E-state index in [1.54, 1.807) is 0 Å². The molecule has 0 radical (unpaired) electrons. The van der Waals surface area contributed by atoms with Crippen molar-refractivity contribution in [3.05, 3.63) is 66.9 Å². The molecule has 0 aliphatic heterocycles. The quantitative estimate of drug-likeness (QED) is 0.217. The second kappa shape index (κ2) is 13.2. The minimum absolute atomic E-state index is 0.145. The van der Waals surface area contributed by atoms with Crippen LogP contribution in [0.25, 0.3) is 22.5 Å². The van der Waals surface area contributed by atoms with Crippen LogP contribution < -0.4 is 10.2 Å². The molecule has 8 nitrogen and oxygen atoms in total. The molecule has 1 heterocycles. The number of carboxylic acids is 1. The average molecular weight is 480 g/mol. The van der Waals surface area contributed by atoms with Gasteiger partial charge < -0.3 is 20.1 Å². The lowest BCUT2D eigenvalue weighted by molar-refractivity contribution is -0.138. The average Bonchev–Trinajstić information content (AvgIpc) is 2.87. The molecule has 0 unspecified atom stereocenters. The maximum atomic E-state index is 11.5. The first-order valence-corrected chi connectivity index (χ1v) is 11.8. The molecule has 1 amide bonds. The van der Waals surface area contributed by atoms with Gasteiger partial charge in [-0.3, -0.25) is 14.6 Å². The summed E-state index contributed by atoms with van der Waals surface area (Å²) in [6, 6.07) is 20.4. The summed E-state index contributed by atoms with van der Waals surface area (Å²) >= 11 is 0. The molecule has 2 aromatic carbocycles. The summed E-state index contributed by atoms with van der Waals surface area (Å²) in [7, 11) is 0. The van der Waals surface area contributed by atoms with E-state index in [-0.39, 0.29) is 12.6 Å². The topological polar surface area (TPSA) is 105 Å². The molecule has 2 N–H and O–H groups in total. The lowest BCUT2D eigenvalue weighted by Crippen LogP contribution is -2.33. The molecule has 0 atom stereocenters. The molecule has 3 rings (SSSR count). The number of anilines is 1. The summed E-state index contributed by atoms with van der Waals surface area (Å²) in [5, 5.41) is 10.9. The maximum absolute atomic E-state index is 11.5. The lowest BCUT2D eigenvalue weighted by atomic mass is 10.0. The zero-order valence-electron chi connectivity index (χ0n) is 20.2. The number of unbranched alkanes of at least 4 members (excludes halogenated alkanes) is 1. The number of nitrogens with one attached hydrogen (secondary N) is 1. The van der Waals surface area contributed by atoms with E-state index in [4.69, 9.17) is 19.8 Å². The predicted molar refractivity (Wildman–Crippen MR) is 136 cm³/mol. The summed E-state index contributed by atoms with van der Waals surface area (Å²) < 4.78 is 5.37. The minimum atomic E-state index is -1.08.